The van der Waals surface area contributed by atoms with Crippen molar-refractivity contribution >= 4 is 23.4 Å². The van der Waals surface area contributed by atoms with Crippen LogP contribution in [0.1, 0.15) is 5.69 Å². The lowest BCUT2D eigenvalue weighted by Crippen LogP contribution is -2.18. The highest BCUT2D eigenvalue weighted by Crippen LogP contribution is 2.28. The summed E-state index contributed by atoms with van der Waals surface area (Å²) in [5.41, 5.74) is 1.90. The maximum Gasteiger partial charge on any atom is 0.288 e. The number of aromatic amines is 1. The second-order valence-electron chi connectivity index (χ2n) is 5.72. The number of halogens is 1. The third-order valence-corrected chi connectivity index (χ3v) is 5.27. The number of hydrogen-bond donors (Lipinski definition) is 1. The number of aryl methyl sites for hydroxylation is 1. The zero-order valence-corrected chi connectivity index (χ0v) is 15.8. The molecule has 0 amide bonds. The summed E-state index contributed by atoms with van der Waals surface area (Å²) in [4.78, 5) is 27.4. The van der Waals surface area contributed by atoms with Crippen molar-refractivity contribution in [2.24, 2.45) is 0 Å². The average molecular weight is 396 g/mol. The lowest BCUT2D eigenvalue weighted by molar-refractivity contribution is 0.774. The van der Waals surface area contributed by atoms with Crippen LogP contribution in [0, 0.1) is 6.92 Å². The van der Waals surface area contributed by atoms with E-state index in [4.69, 9.17) is 11.6 Å². The van der Waals surface area contributed by atoms with Crippen molar-refractivity contribution < 1.29 is 0 Å². The minimum atomic E-state index is -0.203. The van der Waals surface area contributed by atoms with Crippen LogP contribution in [0.4, 0.5) is 0 Å². The van der Waals surface area contributed by atoms with Gasteiger partial charge in [-0.15, -0.1) is 0 Å². The molecule has 4 aromatic rings. The zero-order valence-electron chi connectivity index (χ0n) is 14.3. The maximum absolute atomic E-state index is 12.9. The third-order valence-electron chi connectivity index (χ3n) is 3.82. The van der Waals surface area contributed by atoms with Crippen LogP contribution in [0.3, 0.4) is 0 Å². The van der Waals surface area contributed by atoms with E-state index in [-0.39, 0.29) is 11.5 Å². The summed E-state index contributed by atoms with van der Waals surface area (Å²) < 4.78 is 1.35. The van der Waals surface area contributed by atoms with Gasteiger partial charge in [-0.1, -0.05) is 29.4 Å². The van der Waals surface area contributed by atoms with Crippen molar-refractivity contribution in [2.45, 2.75) is 16.7 Å². The molecule has 0 spiro atoms. The maximum atomic E-state index is 12.9. The van der Waals surface area contributed by atoms with Gasteiger partial charge in [-0.05, 0) is 49.4 Å². The van der Waals surface area contributed by atoms with Gasteiger partial charge in [-0.25, -0.2) is 9.97 Å². The predicted octanol–water partition coefficient (Wildman–Crippen LogP) is 4.13. The first-order valence-corrected chi connectivity index (χ1v) is 9.31. The van der Waals surface area contributed by atoms with Crippen molar-refractivity contribution in [1.82, 2.24) is 24.7 Å². The van der Waals surface area contributed by atoms with Gasteiger partial charge in [0.15, 0.2) is 0 Å². The van der Waals surface area contributed by atoms with Gasteiger partial charge >= 0.3 is 0 Å². The van der Waals surface area contributed by atoms with Crippen LogP contribution < -0.4 is 5.56 Å². The summed E-state index contributed by atoms with van der Waals surface area (Å²) in [6, 6.07) is 14.7. The fraction of sp³-hybridized carbons (Fsp3) is 0.0526. The van der Waals surface area contributed by atoms with Crippen LogP contribution in [-0.2, 0) is 0 Å². The lowest BCUT2D eigenvalue weighted by Gasteiger charge is -2.03. The quantitative estimate of drug-likeness (QED) is 0.562. The smallest absolute Gasteiger partial charge is 0.288 e. The molecule has 0 atom stereocenters. The van der Waals surface area contributed by atoms with Crippen molar-refractivity contribution in [2.75, 3.05) is 0 Å². The zero-order chi connectivity index (χ0) is 18.8. The molecule has 0 saturated heterocycles. The van der Waals surface area contributed by atoms with E-state index in [2.05, 4.69) is 20.1 Å². The SMILES string of the molecule is Cc1[nH]n(-c2nccc(-c3ccccn3)n2)c(=O)c1Sc1ccc(Cl)cc1. The summed E-state index contributed by atoms with van der Waals surface area (Å²) in [6.07, 6.45) is 3.31. The Morgan fingerprint density at radius 1 is 1.00 bits per heavy atom. The van der Waals surface area contributed by atoms with E-state index in [1.54, 1.807) is 30.6 Å². The summed E-state index contributed by atoms with van der Waals surface area (Å²) in [5, 5.41) is 3.71. The van der Waals surface area contributed by atoms with Gasteiger partial charge in [0, 0.05) is 28.0 Å². The van der Waals surface area contributed by atoms with Crippen LogP contribution in [0.2, 0.25) is 5.02 Å². The molecular formula is C19H14ClN5OS. The number of rotatable bonds is 4. The Bertz CT molecular complexity index is 1140. The molecule has 0 aliphatic heterocycles. The predicted molar refractivity (Wildman–Crippen MR) is 106 cm³/mol. The standard InChI is InChI=1S/C19H14ClN5OS/c1-12-17(27-14-7-5-13(20)6-8-14)18(26)25(24-12)19-22-11-9-16(23-19)15-4-2-3-10-21-15/h2-11,24H,1H3. The molecular weight excluding hydrogens is 382 g/mol. The number of pyridine rings is 1. The number of H-pyrrole nitrogens is 1. The van der Waals surface area contributed by atoms with Crippen molar-refractivity contribution in [3.63, 3.8) is 0 Å². The van der Waals surface area contributed by atoms with Gasteiger partial charge in [0.1, 0.15) is 4.90 Å². The summed E-state index contributed by atoms with van der Waals surface area (Å²) >= 11 is 7.30. The molecule has 0 fully saturated rings. The Morgan fingerprint density at radius 2 is 1.81 bits per heavy atom. The molecule has 1 N–H and O–H groups in total. The molecule has 0 bridgehead atoms. The van der Waals surface area contributed by atoms with Crippen LogP contribution in [-0.4, -0.2) is 24.7 Å². The van der Waals surface area contributed by atoms with E-state index in [9.17, 15) is 4.79 Å². The Labute approximate surface area is 164 Å². The fourth-order valence-electron chi connectivity index (χ4n) is 2.53. The van der Waals surface area contributed by atoms with E-state index in [1.807, 2.05) is 37.3 Å². The van der Waals surface area contributed by atoms with Crippen molar-refractivity contribution in [3.8, 4) is 17.3 Å². The molecule has 3 aromatic heterocycles. The van der Waals surface area contributed by atoms with Crippen molar-refractivity contribution in [3.05, 3.63) is 82.0 Å². The first-order valence-electron chi connectivity index (χ1n) is 8.12. The van der Waals surface area contributed by atoms with Crippen LogP contribution in [0.15, 0.2) is 75.5 Å². The molecule has 8 heteroatoms. The number of benzene rings is 1. The molecule has 6 nitrogen and oxygen atoms in total. The third kappa shape index (κ3) is 3.65. The highest BCUT2D eigenvalue weighted by atomic mass is 35.5. The molecule has 0 radical (unpaired) electrons. The molecule has 134 valence electrons. The van der Waals surface area contributed by atoms with E-state index < -0.39 is 0 Å². The molecule has 4 rings (SSSR count). The van der Waals surface area contributed by atoms with Gasteiger partial charge < -0.3 is 0 Å². The topological polar surface area (TPSA) is 76.5 Å². The number of nitrogens with zero attached hydrogens (tertiary/aromatic N) is 4. The van der Waals surface area contributed by atoms with Gasteiger partial charge in [0.2, 0.25) is 0 Å². The lowest BCUT2D eigenvalue weighted by atomic mass is 10.3. The van der Waals surface area contributed by atoms with Crippen LogP contribution in [0.25, 0.3) is 17.3 Å². The summed E-state index contributed by atoms with van der Waals surface area (Å²) in [7, 11) is 0. The van der Waals surface area contributed by atoms with E-state index >= 15 is 0 Å². The van der Waals surface area contributed by atoms with Crippen LogP contribution >= 0.6 is 23.4 Å². The van der Waals surface area contributed by atoms with Gasteiger partial charge in [-0.2, -0.15) is 4.68 Å². The van der Waals surface area contributed by atoms with Gasteiger partial charge in [0.25, 0.3) is 11.5 Å². The minimum Gasteiger partial charge on any atom is -0.291 e. The minimum absolute atomic E-state index is 0.203. The molecule has 1 aromatic carbocycles. The highest BCUT2D eigenvalue weighted by Gasteiger charge is 2.16. The van der Waals surface area contributed by atoms with E-state index in [0.717, 1.165) is 10.6 Å². The van der Waals surface area contributed by atoms with Gasteiger partial charge in [0.05, 0.1) is 11.4 Å². The first-order chi connectivity index (χ1) is 13.1. The van der Waals surface area contributed by atoms with E-state index in [0.29, 0.717) is 21.3 Å². The fourth-order valence-corrected chi connectivity index (χ4v) is 3.54. The molecule has 0 aliphatic rings. The number of hydrogen-bond acceptors (Lipinski definition) is 5. The Balaban J connectivity index is 1.71. The summed E-state index contributed by atoms with van der Waals surface area (Å²) in [5.74, 6) is 0.272. The van der Waals surface area contributed by atoms with Gasteiger partial charge in [-0.3, -0.25) is 14.9 Å². The van der Waals surface area contributed by atoms with E-state index in [1.165, 1.54) is 16.4 Å². The van der Waals surface area contributed by atoms with Crippen LogP contribution in [0.5, 0.6) is 0 Å². The Kier molecular flexibility index (Phi) is 4.79. The number of aromatic nitrogens is 5. The first kappa shape index (κ1) is 17.5. The number of nitrogens with one attached hydrogen (secondary N) is 1. The largest absolute Gasteiger partial charge is 0.291 e. The molecule has 0 saturated carbocycles. The highest BCUT2D eigenvalue weighted by molar-refractivity contribution is 7.99. The van der Waals surface area contributed by atoms with Crippen molar-refractivity contribution in [1.29, 1.82) is 0 Å². The Hall–Kier alpha value is -2.90. The molecule has 3 heterocycles. The summed E-state index contributed by atoms with van der Waals surface area (Å²) in [6.45, 7) is 1.85. The monoisotopic (exact) mass is 395 g/mol. The Morgan fingerprint density at radius 3 is 2.56 bits per heavy atom. The molecule has 27 heavy (non-hydrogen) atoms. The second kappa shape index (κ2) is 7.38. The molecule has 0 unspecified atom stereocenters. The average Bonchev–Trinajstić information content (AvgIpc) is 2.99. The normalized spacial score (nSPS) is 10.9. The second-order valence-corrected chi connectivity index (χ2v) is 7.24. The molecule has 0 aliphatic carbocycles.